The number of amides is 2. The molecule has 98 valence electrons. The lowest BCUT2D eigenvalue weighted by atomic mass is 10.2. The maximum atomic E-state index is 11.8. The summed E-state index contributed by atoms with van der Waals surface area (Å²) in [6.07, 6.45) is 2.60. The van der Waals surface area contributed by atoms with Crippen LogP contribution in [0.5, 0.6) is 0 Å². The third-order valence-electron chi connectivity index (χ3n) is 2.73. The monoisotopic (exact) mass is 260 g/mol. The van der Waals surface area contributed by atoms with Gasteiger partial charge in [0.15, 0.2) is 0 Å². The highest BCUT2D eigenvalue weighted by Gasteiger charge is 2.23. The van der Waals surface area contributed by atoms with E-state index in [1.807, 2.05) is 0 Å². The Balaban J connectivity index is 2.19. The quantitative estimate of drug-likeness (QED) is 0.662. The molecule has 0 aromatic carbocycles. The SMILES string of the molecule is CN(CCCCCO)C(=O)CN1CSCC1=O. The maximum Gasteiger partial charge on any atom is 0.241 e. The van der Waals surface area contributed by atoms with Crippen LogP contribution in [0.1, 0.15) is 19.3 Å². The van der Waals surface area contributed by atoms with Crippen molar-refractivity contribution in [2.75, 3.05) is 38.4 Å². The summed E-state index contributed by atoms with van der Waals surface area (Å²) in [5.74, 6) is 1.16. The van der Waals surface area contributed by atoms with E-state index in [-0.39, 0.29) is 25.0 Å². The van der Waals surface area contributed by atoms with Crippen molar-refractivity contribution in [1.29, 1.82) is 0 Å². The van der Waals surface area contributed by atoms with Gasteiger partial charge in [-0.1, -0.05) is 0 Å². The number of carbonyl (C=O) groups is 2. The summed E-state index contributed by atoms with van der Waals surface area (Å²) in [4.78, 5) is 26.4. The number of rotatable bonds is 7. The van der Waals surface area contributed by atoms with Crippen molar-refractivity contribution >= 4 is 23.6 Å². The first-order valence-electron chi connectivity index (χ1n) is 5.85. The molecule has 0 spiro atoms. The third-order valence-corrected chi connectivity index (χ3v) is 3.67. The van der Waals surface area contributed by atoms with Crippen molar-refractivity contribution in [2.24, 2.45) is 0 Å². The lowest BCUT2D eigenvalue weighted by Gasteiger charge is -2.21. The van der Waals surface area contributed by atoms with Crippen LogP contribution < -0.4 is 0 Å². The van der Waals surface area contributed by atoms with Gasteiger partial charge in [-0.25, -0.2) is 0 Å². The third kappa shape index (κ3) is 4.95. The fourth-order valence-electron chi connectivity index (χ4n) is 1.59. The molecule has 6 heteroatoms. The Hall–Kier alpha value is -0.750. The first-order valence-corrected chi connectivity index (χ1v) is 7.01. The van der Waals surface area contributed by atoms with E-state index in [4.69, 9.17) is 5.11 Å². The zero-order valence-corrected chi connectivity index (χ0v) is 11.0. The largest absolute Gasteiger partial charge is 0.396 e. The van der Waals surface area contributed by atoms with Crippen molar-refractivity contribution in [1.82, 2.24) is 9.80 Å². The molecule has 1 aliphatic heterocycles. The molecule has 0 radical (unpaired) electrons. The molecule has 0 bridgehead atoms. The number of thioether (sulfide) groups is 1. The normalized spacial score (nSPS) is 15.4. The predicted molar refractivity (Wildman–Crippen MR) is 67.6 cm³/mol. The van der Waals surface area contributed by atoms with Gasteiger partial charge in [-0.15, -0.1) is 11.8 Å². The summed E-state index contributed by atoms with van der Waals surface area (Å²) in [6, 6.07) is 0. The van der Waals surface area contributed by atoms with Crippen LogP contribution in [0.2, 0.25) is 0 Å². The Morgan fingerprint density at radius 2 is 2.24 bits per heavy atom. The topological polar surface area (TPSA) is 60.9 Å². The van der Waals surface area contributed by atoms with E-state index in [1.165, 1.54) is 0 Å². The molecular formula is C11H20N2O3S. The summed E-state index contributed by atoms with van der Waals surface area (Å²) in [6.45, 7) is 1.09. The Bertz CT molecular complexity index is 273. The van der Waals surface area contributed by atoms with Gasteiger partial charge in [0.05, 0.1) is 11.6 Å². The molecule has 0 aromatic rings. The molecule has 1 heterocycles. The second kappa shape index (κ2) is 7.55. The van der Waals surface area contributed by atoms with Gasteiger partial charge in [-0.3, -0.25) is 9.59 Å². The van der Waals surface area contributed by atoms with Gasteiger partial charge in [0.25, 0.3) is 0 Å². The molecule has 0 unspecified atom stereocenters. The van der Waals surface area contributed by atoms with E-state index >= 15 is 0 Å². The van der Waals surface area contributed by atoms with Crippen LogP contribution in [0.3, 0.4) is 0 Å². The number of hydrogen-bond donors (Lipinski definition) is 1. The van der Waals surface area contributed by atoms with Gasteiger partial charge in [0, 0.05) is 20.2 Å². The summed E-state index contributed by atoms with van der Waals surface area (Å²) in [5, 5.41) is 8.63. The summed E-state index contributed by atoms with van der Waals surface area (Å²) in [5.41, 5.74) is 0. The number of nitrogens with zero attached hydrogens (tertiary/aromatic N) is 2. The fraction of sp³-hybridized carbons (Fsp3) is 0.818. The highest BCUT2D eigenvalue weighted by Crippen LogP contribution is 2.14. The van der Waals surface area contributed by atoms with Gasteiger partial charge >= 0.3 is 0 Å². The zero-order valence-electron chi connectivity index (χ0n) is 10.2. The van der Waals surface area contributed by atoms with Gasteiger partial charge in [0.1, 0.15) is 6.54 Å². The summed E-state index contributed by atoms with van der Waals surface area (Å²) in [7, 11) is 1.76. The molecule has 17 heavy (non-hydrogen) atoms. The molecule has 0 atom stereocenters. The highest BCUT2D eigenvalue weighted by molar-refractivity contribution is 8.00. The van der Waals surface area contributed by atoms with Crippen LogP contribution in [0.4, 0.5) is 0 Å². The number of aliphatic hydroxyl groups excluding tert-OH is 1. The zero-order chi connectivity index (χ0) is 12.7. The van der Waals surface area contributed by atoms with E-state index in [1.54, 1.807) is 28.6 Å². The standard InChI is InChI=1S/C11H20N2O3S/c1-12(5-3-2-4-6-14)10(15)7-13-9-17-8-11(13)16/h14H,2-9H2,1H3. The second-order valence-electron chi connectivity index (χ2n) is 4.17. The van der Waals surface area contributed by atoms with Crippen molar-refractivity contribution in [3.05, 3.63) is 0 Å². The fourth-order valence-corrected chi connectivity index (χ4v) is 2.49. The molecule has 2 amide bonds. The van der Waals surface area contributed by atoms with Crippen molar-refractivity contribution in [3.63, 3.8) is 0 Å². The predicted octanol–water partition coefficient (Wildman–Crippen LogP) is 0.140. The maximum absolute atomic E-state index is 11.8. The van der Waals surface area contributed by atoms with Crippen LogP contribution in [0.15, 0.2) is 0 Å². The lowest BCUT2D eigenvalue weighted by Crippen LogP contribution is -2.39. The van der Waals surface area contributed by atoms with Crippen LogP contribution in [-0.4, -0.2) is 65.1 Å². The average molecular weight is 260 g/mol. The molecular weight excluding hydrogens is 240 g/mol. The van der Waals surface area contributed by atoms with Crippen molar-refractivity contribution in [3.8, 4) is 0 Å². The van der Waals surface area contributed by atoms with Crippen molar-refractivity contribution in [2.45, 2.75) is 19.3 Å². The summed E-state index contributed by atoms with van der Waals surface area (Å²) >= 11 is 1.55. The van der Waals surface area contributed by atoms with Crippen LogP contribution in [0.25, 0.3) is 0 Å². The van der Waals surface area contributed by atoms with E-state index in [9.17, 15) is 9.59 Å². The molecule has 0 aliphatic carbocycles. The lowest BCUT2D eigenvalue weighted by molar-refractivity contribution is -0.137. The minimum absolute atomic E-state index is 0.00940. The van der Waals surface area contributed by atoms with Crippen LogP contribution in [0, 0.1) is 0 Å². The minimum atomic E-state index is -0.00940. The number of hydrogen-bond acceptors (Lipinski definition) is 4. The Kier molecular flexibility index (Phi) is 6.36. The first kappa shape index (κ1) is 14.3. The van der Waals surface area contributed by atoms with E-state index < -0.39 is 0 Å². The molecule has 0 saturated carbocycles. The van der Waals surface area contributed by atoms with E-state index in [0.717, 1.165) is 19.3 Å². The highest BCUT2D eigenvalue weighted by atomic mass is 32.2. The molecule has 1 aliphatic rings. The second-order valence-corrected chi connectivity index (χ2v) is 5.12. The molecule has 0 aromatic heterocycles. The van der Waals surface area contributed by atoms with Gasteiger partial charge in [-0.05, 0) is 19.3 Å². The van der Waals surface area contributed by atoms with Gasteiger partial charge < -0.3 is 14.9 Å². The molecule has 1 saturated heterocycles. The van der Waals surface area contributed by atoms with Crippen molar-refractivity contribution < 1.29 is 14.7 Å². The van der Waals surface area contributed by atoms with E-state index in [2.05, 4.69) is 0 Å². The van der Waals surface area contributed by atoms with Crippen LogP contribution >= 0.6 is 11.8 Å². The Labute approximate surface area is 106 Å². The minimum Gasteiger partial charge on any atom is -0.396 e. The Morgan fingerprint density at radius 3 is 2.82 bits per heavy atom. The van der Waals surface area contributed by atoms with Gasteiger partial charge in [0.2, 0.25) is 11.8 Å². The Morgan fingerprint density at radius 1 is 1.47 bits per heavy atom. The van der Waals surface area contributed by atoms with Crippen LogP contribution in [-0.2, 0) is 9.59 Å². The molecule has 5 nitrogen and oxygen atoms in total. The summed E-state index contributed by atoms with van der Waals surface area (Å²) < 4.78 is 0. The number of likely N-dealkylation sites (N-methyl/N-ethyl adjacent to an activating group) is 1. The number of aliphatic hydroxyl groups is 1. The number of unbranched alkanes of at least 4 members (excludes halogenated alkanes) is 2. The molecule has 1 fully saturated rings. The first-order chi connectivity index (χ1) is 8.15. The van der Waals surface area contributed by atoms with Gasteiger partial charge in [-0.2, -0.15) is 0 Å². The smallest absolute Gasteiger partial charge is 0.241 e. The number of carbonyl (C=O) groups excluding carboxylic acids is 2. The molecule has 1 rings (SSSR count). The van der Waals surface area contributed by atoms with E-state index in [0.29, 0.717) is 18.2 Å². The molecule has 1 N–H and O–H groups in total. The average Bonchev–Trinajstić information content (AvgIpc) is 2.70.